The van der Waals surface area contributed by atoms with Gasteiger partial charge in [0.15, 0.2) is 0 Å². The van der Waals surface area contributed by atoms with Crippen molar-refractivity contribution in [1.82, 2.24) is 4.31 Å². The third kappa shape index (κ3) is 4.76. The van der Waals surface area contributed by atoms with Crippen LogP contribution in [0.4, 0.5) is 5.69 Å². The highest BCUT2D eigenvalue weighted by Gasteiger charge is 2.36. The Morgan fingerprint density at radius 1 is 1.16 bits per heavy atom. The Morgan fingerprint density at radius 2 is 1.94 bits per heavy atom. The van der Waals surface area contributed by atoms with Crippen LogP contribution >= 0.6 is 11.3 Å². The molecule has 31 heavy (non-hydrogen) atoms. The lowest BCUT2D eigenvalue weighted by molar-refractivity contribution is -0.123. The van der Waals surface area contributed by atoms with Crippen LogP contribution in [-0.4, -0.2) is 31.7 Å². The van der Waals surface area contributed by atoms with Crippen molar-refractivity contribution < 1.29 is 17.6 Å². The summed E-state index contributed by atoms with van der Waals surface area (Å²) in [4.78, 5) is 16.2. The molecule has 2 aromatic heterocycles. The van der Waals surface area contributed by atoms with Crippen LogP contribution in [0.3, 0.4) is 0 Å². The standard InChI is InChI=1S/C23H26N2O4S2/c1-17-7-10-20(11-8-17)25(16-21-6-4-14-29-21)23(26)19-5-3-13-24(15-19)31(27,28)22-12-9-18(2)30-22/h4,6-12,14,19H,3,5,13,15-16H2,1-2H3/t19-/m0/s1. The monoisotopic (exact) mass is 458 g/mol. The smallest absolute Gasteiger partial charge is 0.252 e. The zero-order valence-corrected chi connectivity index (χ0v) is 19.3. The maximum atomic E-state index is 13.6. The van der Waals surface area contributed by atoms with Gasteiger partial charge in [0.05, 0.1) is 18.7 Å². The summed E-state index contributed by atoms with van der Waals surface area (Å²) < 4.78 is 33.5. The topological polar surface area (TPSA) is 70.8 Å². The molecule has 1 aliphatic rings. The lowest BCUT2D eigenvalue weighted by Gasteiger charge is -2.34. The Balaban J connectivity index is 1.58. The van der Waals surface area contributed by atoms with Crippen molar-refractivity contribution in [2.75, 3.05) is 18.0 Å². The molecule has 1 aromatic carbocycles. The van der Waals surface area contributed by atoms with E-state index in [2.05, 4.69) is 0 Å². The van der Waals surface area contributed by atoms with E-state index in [4.69, 9.17) is 4.42 Å². The second-order valence-electron chi connectivity index (χ2n) is 7.91. The SMILES string of the molecule is Cc1ccc(N(Cc2ccco2)C(=O)[C@H]2CCCN(S(=O)(=O)c3ccc(C)s3)C2)cc1. The summed E-state index contributed by atoms with van der Waals surface area (Å²) in [5.41, 5.74) is 1.89. The van der Waals surface area contributed by atoms with Crippen molar-refractivity contribution in [2.45, 2.75) is 37.4 Å². The molecular formula is C23H26N2O4S2. The highest BCUT2D eigenvalue weighted by molar-refractivity contribution is 7.91. The number of anilines is 1. The van der Waals surface area contributed by atoms with Crippen LogP contribution in [0.5, 0.6) is 0 Å². The molecule has 0 radical (unpaired) electrons. The van der Waals surface area contributed by atoms with Gasteiger partial charge in [0, 0.05) is 23.7 Å². The summed E-state index contributed by atoms with van der Waals surface area (Å²) in [6.07, 6.45) is 2.91. The number of benzene rings is 1. The molecular weight excluding hydrogens is 432 g/mol. The number of furan rings is 1. The van der Waals surface area contributed by atoms with Crippen LogP contribution in [0.15, 0.2) is 63.4 Å². The molecule has 1 fully saturated rings. The highest BCUT2D eigenvalue weighted by atomic mass is 32.2. The van der Waals surface area contributed by atoms with Gasteiger partial charge in [-0.3, -0.25) is 4.79 Å². The first-order chi connectivity index (χ1) is 14.8. The Labute approximate surface area is 187 Å². The quantitative estimate of drug-likeness (QED) is 0.542. The van der Waals surface area contributed by atoms with Crippen LogP contribution in [0, 0.1) is 19.8 Å². The van der Waals surface area contributed by atoms with E-state index in [0.717, 1.165) is 16.1 Å². The van der Waals surface area contributed by atoms with Crippen LogP contribution in [-0.2, 0) is 21.4 Å². The molecule has 0 spiro atoms. The third-order valence-corrected chi connectivity index (χ3v) is 8.88. The van der Waals surface area contributed by atoms with Gasteiger partial charge in [-0.15, -0.1) is 11.3 Å². The molecule has 1 saturated heterocycles. The third-order valence-electron chi connectivity index (χ3n) is 5.55. The van der Waals surface area contributed by atoms with Gasteiger partial charge in [0.25, 0.3) is 10.0 Å². The Bertz CT molecular complexity index is 1130. The predicted molar refractivity (Wildman–Crippen MR) is 122 cm³/mol. The summed E-state index contributed by atoms with van der Waals surface area (Å²) in [5, 5.41) is 0. The van der Waals surface area contributed by atoms with Crippen molar-refractivity contribution in [3.05, 3.63) is 71.0 Å². The molecule has 8 heteroatoms. The number of aryl methyl sites for hydroxylation is 2. The van der Waals surface area contributed by atoms with Gasteiger partial charge >= 0.3 is 0 Å². The van der Waals surface area contributed by atoms with Gasteiger partial charge < -0.3 is 9.32 Å². The number of thiophene rings is 1. The van der Waals surface area contributed by atoms with Crippen LogP contribution in [0.2, 0.25) is 0 Å². The van der Waals surface area contributed by atoms with Crippen molar-refractivity contribution in [3.63, 3.8) is 0 Å². The molecule has 0 N–H and O–H groups in total. The summed E-state index contributed by atoms with van der Waals surface area (Å²) in [6.45, 7) is 4.83. The Hall–Kier alpha value is -2.42. The fraction of sp³-hybridized carbons (Fsp3) is 0.348. The average Bonchev–Trinajstić information content (AvgIpc) is 3.44. The minimum Gasteiger partial charge on any atom is -0.467 e. The minimum atomic E-state index is -3.59. The van der Waals surface area contributed by atoms with Crippen molar-refractivity contribution in [1.29, 1.82) is 0 Å². The molecule has 6 nitrogen and oxygen atoms in total. The number of hydrogen-bond donors (Lipinski definition) is 0. The van der Waals surface area contributed by atoms with E-state index in [9.17, 15) is 13.2 Å². The van der Waals surface area contributed by atoms with Gasteiger partial charge in [-0.2, -0.15) is 4.31 Å². The normalized spacial score (nSPS) is 17.5. The first-order valence-corrected chi connectivity index (χ1v) is 12.6. The summed E-state index contributed by atoms with van der Waals surface area (Å²) >= 11 is 1.27. The van der Waals surface area contributed by atoms with Gasteiger partial charge in [0.2, 0.25) is 5.91 Å². The number of carbonyl (C=O) groups excluding carboxylic acids is 1. The van der Waals surface area contributed by atoms with Crippen LogP contribution in [0.25, 0.3) is 0 Å². The van der Waals surface area contributed by atoms with Crippen molar-refractivity contribution >= 4 is 33.0 Å². The van der Waals surface area contributed by atoms with Gasteiger partial charge in [-0.1, -0.05) is 17.7 Å². The Morgan fingerprint density at radius 3 is 2.58 bits per heavy atom. The molecule has 1 amide bonds. The summed E-state index contributed by atoms with van der Waals surface area (Å²) in [6, 6.07) is 14.9. The molecule has 0 aliphatic carbocycles. The van der Waals surface area contributed by atoms with E-state index >= 15 is 0 Å². The minimum absolute atomic E-state index is 0.0810. The molecule has 1 atom stereocenters. The number of rotatable bonds is 6. The zero-order chi connectivity index (χ0) is 22.0. The lowest BCUT2D eigenvalue weighted by Crippen LogP contribution is -2.46. The molecule has 0 unspecified atom stereocenters. The Kier molecular flexibility index (Phi) is 6.31. The second-order valence-corrected chi connectivity index (χ2v) is 11.4. The fourth-order valence-corrected chi connectivity index (χ4v) is 6.80. The number of carbonyl (C=O) groups is 1. The van der Waals surface area contributed by atoms with E-state index in [1.54, 1.807) is 23.3 Å². The molecule has 3 heterocycles. The average molecular weight is 459 g/mol. The van der Waals surface area contributed by atoms with E-state index in [0.29, 0.717) is 35.9 Å². The molecule has 164 valence electrons. The summed E-state index contributed by atoms with van der Waals surface area (Å²) in [7, 11) is -3.59. The molecule has 3 aromatic rings. The van der Waals surface area contributed by atoms with Gasteiger partial charge in [0.1, 0.15) is 9.97 Å². The number of hydrogen-bond acceptors (Lipinski definition) is 5. The van der Waals surface area contributed by atoms with Crippen LogP contribution in [0.1, 0.15) is 29.0 Å². The van der Waals surface area contributed by atoms with E-state index in [-0.39, 0.29) is 12.5 Å². The molecule has 0 bridgehead atoms. The van der Waals surface area contributed by atoms with Crippen LogP contribution < -0.4 is 4.90 Å². The van der Waals surface area contributed by atoms with E-state index in [1.165, 1.54) is 15.6 Å². The maximum Gasteiger partial charge on any atom is 0.252 e. The number of sulfonamides is 1. The number of amides is 1. The second kappa shape index (κ2) is 8.98. The van der Waals surface area contributed by atoms with E-state index in [1.807, 2.05) is 50.2 Å². The fourth-order valence-electron chi connectivity index (χ4n) is 3.84. The molecule has 0 saturated carbocycles. The zero-order valence-electron chi connectivity index (χ0n) is 17.7. The molecule has 4 rings (SSSR count). The van der Waals surface area contributed by atoms with Gasteiger partial charge in [-0.25, -0.2) is 8.42 Å². The van der Waals surface area contributed by atoms with Crippen molar-refractivity contribution in [2.24, 2.45) is 5.92 Å². The number of piperidine rings is 1. The maximum absolute atomic E-state index is 13.6. The van der Waals surface area contributed by atoms with E-state index < -0.39 is 15.9 Å². The van der Waals surface area contributed by atoms with Gasteiger partial charge in [-0.05, 0) is 63.1 Å². The molecule has 1 aliphatic heterocycles. The largest absolute Gasteiger partial charge is 0.467 e. The number of nitrogens with zero attached hydrogens (tertiary/aromatic N) is 2. The van der Waals surface area contributed by atoms with Crippen molar-refractivity contribution in [3.8, 4) is 0 Å². The lowest BCUT2D eigenvalue weighted by atomic mass is 9.97. The first kappa shape index (κ1) is 21.8. The predicted octanol–water partition coefficient (Wildman–Crippen LogP) is 4.59. The highest BCUT2D eigenvalue weighted by Crippen LogP contribution is 2.30. The first-order valence-electron chi connectivity index (χ1n) is 10.3. The summed E-state index contributed by atoms with van der Waals surface area (Å²) in [5.74, 6) is 0.201.